The highest BCUT2D eigenvalue weighted by molar-refractivity contribution is 7.64. The Morgan fingerprint density at radius 2 is 1.17 bits per heavy atom. The molecule has 0 bridgehead atoms. The van der Waals surface area contributed by atoms with Crippen LogP contribution in [0.4, 0.5) is 0 Å². The number of rotatable bonds is 7. The summed E-state index contributed by atoms with van der Waals surface area (Å²) in [5.74, 6) is 0.214. The lowest BCUT2D eigenvalue weighted by Crippen LogP contribution is -2.44. The fraction of sp³-hybridized carbons (Fsp3) is 0.452. The van der Waals surface area contributed by atoms with Gasteiger partial charge in [0.25, 0.3) is 0 Å². The summed E-state index contributed by atoms with van der Waals surface area (Å²) in [4.78, 5) is 15.8. The maximum absolute atomic E-state index is 13.5. The number of esters is 1. The molecule has 218 valence electrons. The smallest absolute Gasteiger partial charge is 0.343 e. The van der Waals surface area contributed by atoms with Gasteiger partial charge in [-0.25, -0.2) is 4.79 Å². The summed E-state index contributed by atoms with van der Waals surface area (Å²) in [6, 6.07) is 19.1. The van der Waals surface area contributed by atoms with E-state index in [4.69, 9.17) is 18.9 Å². The van der Waals surface area contributed by atoms with Crippen LogP contribution >= 0.6 is 7.36 Å². The molecule has 1 N–H and O–H groups in total. The van der Waals surface area contributed by atoms with Crippen molar-refractivity contribution in [1.82, 2.24) is 14.2 Å². The minimum Gasteiger partial charge on any atom is -0.422 e. The minimum atomic E-state index is -2.67. The number of carbonyl (C=O) groups is 1. The van der Waals surface area contributed by atoms with E-state index < -0.39 is 7.36 Å². The molecule has 3 fully saturated rings. The molecule has 0 amide bonds. The number of nitrogens with zero attached hydrogens (tertiary/aromatic N) is 3. The highest BCUT2D eigenvalue weighted by atomic mass is 31.2. The number of morpholine rings is 3. The summed E-state index contributed by atoms with van der Waals surface area (Å²) >= 11 is 0. The summed E-state index contributed by atoms with van der Waals surface area (Å²) in [6.45, 7) is 8.24. The van der Waals surface area contributed by atoms with Gasteiger partial charge in [0.1, 0.15) is 13.1 Å². The number of benzene rings is 2. The Labute approximate surface area is 242 Å². The van der Waals surface area contributed by atoms with Gasteiger partial charge in [-0.2, -0.15) is 0 Å². The third-order valence-corrected chi connectivity index (χ3v) is 11.8. The molecule has 0 saturated carbocycles. The Kier molecular flexibility index (Phi) is 9.01. The third-order valence-electron chi connectivity index (χ3n) is 8.18. The fourth-order valence-electron chi connectivity index (χ4n) is 6.16. The topological polar surface area (TPSA) is 87.6 Å². The van der Waals surface area contributed by atoms with Crippen LogP contribution in [-0.2, 0) is 18.9 Å². The lowest BCUT2D eigenvalue weighted by molar-refractivity contribution is 0.0532. The SMILES string of the molecule is N=P(C1=C(N2CCOCC2)/C(=C(\OC(=O)c2ccccc2)c2ccccc2)CC1)(N1CCOCC1)N1CCOCC1. The number of hydrogen-bond donors (Lipinski definition) is 1. The molecule has 2 aromatic carbocycles. The van der Waals surface area contributed by atoms with Crippen molar-refractivity contribution in [1.29, 1.82) is 5.16 Å². The maximum atomic E-state index is 13.5. The molecule has 0 aromatic heterocycles. The van der Waals surface area contributed by atoms with E-state index in [1.54, 1.807) is 12.1 Å². The second-order valence-electron chi connectivity index (χ2n) is 10.6. The average molecular weight is 579 g/mol. The molecule has 41 heavy (non-hydrogen) atoms. The van der Waals surface area contributed by atoms with Crippen molar-refractivity contribution < 1.29 is 23.7 Å². The Morgan fingerprint density at radius 1 is 0.683 bits per heavy atom. The van der Waals surface area contributed by atoms with Crippen molar-refractivity contribution in [2.45, 2.75) is 12.8 Å². The van der Waals surface area contributed by atoms with E-state index in [0.29, 0.717) is 57.4 Å². The first-order valence-corrected chi connectivity index (χ1v) is 16.3. The first-order chi connectivity index (χ1) is 20.2. The monoisotopic (exact) mass is 578 g/mol. The number of ether oxygens (including phenoxy) is 4. The van der Waals surface area contributed by atoms with Crippen molar-refractivity contribution in [3.8, 4) is 0 Å². The van der Waals surface area contributed by atoms with E-state index in [2.05, 4.69) is 14.2 Å². The molecule has 0 spiro atoms. The van der Waals surface area contributed by atoms with E-state index in [9.17, 15) is 9.96 Å². The molecule has 0 unspecified atom stereocenters. The summed E-state index contributed by atoms with van der Waals surface area (Å²) in [6.07, 6.45) is 1.47. The second kappa shape index (κ2) is 13.0. The number of hydrogen-bond acceptors (Lipinski definition) is 7. The zero-order chi connectivity index (χ0) is 28.1. The van der Waals surface area contributed by atoms with E-state index in [0.717, 1.165) is 62.5 Å². The largest absolute Gasteiger partial charge is 0.422 e. The lowest BCUT2D eigenvalue weighted by Gasteiger charge is -2.47. The van der Waals surface area contributed by atoms with Gasteiger partial charge in [0.05, 0.1) is 50.9 Å². The molecule has 9 nitrogen and oxygen atoms in total. The van der Waals surface area contributed by atoms with Crippen LogP contribution < -0.4 is 0 Å². The van der Waals surface area contributed by atoms with Gasteiger partial charge in [0.15, 0.2) is 0 Å². The van der Waals surface area contributed by atoms with Gasteiger partial charge in [0.2, 0.25) is 0 Å². The van der Waals surface area contributed by atoms with Gasteiger partial charge < -0.3 is 23.8 Å². The normalized spacial score (nSPS) is 22.6. The Balaban J connectivity index is 1.52. The lowest BCUT2D eigenvalue weighted by atomic mass is 10.0. The van der Waals surface area contributed by atoms with Crippen molar-refractivity contribution in [2.75, 3.05) is 78.9 Å². The van der Waals surface area contributed by atoms with Crippen LogP contribution in [0.3, 0.4) is 0 Å². The van der Waals surface area contributed by atoms with Crippen LogP contribution in [0.15, 0.2) is 77.2 Å². The molecular weight excluding hydrogens is 539 g/mol. The Morgan fingerprint density at radius 3 is 1.71 bits per heavy atom. The first kappa shape index (κ1) is 28.3. The molecule has 6 rings (SSSR count). The van der Waals surface area contributed by atoms with Crippen molar-refractivity contribution in [3.05, 3.63) is 88.4 Å². The van der Waals surface area contributed by atoms with E-state index >= 15 is 0 Å². The summed E-state index contributed by atoms with van der Waals surface area (Å²) in [5, 5.41) is 11.5. The molecule has 0 radical (unpaired) electrons. The summed E-state index contributed by atoms with van der Waals surface area (Å²) < 4.78 is 28.3. The average Bonchev–Trinajstić information content (AvgIpc) is 3.50. The van der Waals surface area contributed by atoms with Crippen molar-refractivity contribution in [2.24, 2.45) is 0 Å². The van der Waals surface area contributed by atoms with Gasteiger partial charge >= 0.3 is 5.97 Å². The minimum absolute atomic E-state index is 0.375. The third kappa shape index (κ3) is 5.93. The van der Waals surface area contributed by atoms with Gasteiger partial charge in [0, 0.05) is 55.7 Å². The molecule has 4 aliphatic rings. The molecule has 2 aromatic rings. The van der Waals surface area contributed by atoms with Crippen molar-refractivity contribution in [3.63, 3.8) is 0 Å². The van der Waals surface area contributed by atoms with E-state index in [1.807, 2.05) is 48.5 Å². The molecule has 1 aliphatic carbocycles. The number of nitrogens with one attached hydrogen (secondary N) is 1. The molecule has 3 heterocycles. The zero-order valence-electron chi connectivity index (χ0n) is 23.5. The van der Waals surface area contributed by atoms with Gasteiger partial charge in [-0.3, -0.25) is 14.5 Å². The highest BCUT2D eigenvalue weighted by Gasteiger charge is 2.44. The zero-order valence-corrected chi connectivity index (χ0v) is 24.4. The Hall–Kier alpha value is -2.78. The second-order valence-corrected chi connectivity index (χ2v) is 13.4. The predicted octanol–water partition coefficient (Wildman–Crippen LogP) is 4.87. The first-order valence-electron chi connectivity index (χ1n) is 14.6. The van der Waals surface area contributed by atoms with Crippen molar-refractivity contribution >= 4 is 19.1 Å². The Bertz CT molecular complexity index is 1290. The number of carbonyl (C=O) groups excluding carboxylic acids is 1. The van der Waals surface area contributed by atoms with E-state index in [1.165, 1.54) is 5.31 Å². The predicted molar refractivity (Wildman–Crippen MR) is 158 cm³/mol. The van der Waals surface area contributed by atoms with E-state index in [-0.39, 0.29) is 5.97 Å². The molecule has 10 heteroatoms. The van der Waals surface area contributed by atoms with Gasteiger partial charge in [-0.1, -0.05) is 48.5 Å². The van der Waals surface area contributed by atoms with Crippen LogP contribution in [0.5, 0.6) is 0 Å². The van der Waals surface area contributed by atoms with Crippen LogP contribution in [0.1, 0.15) is 28.8 Å². The molecular formula is C31H39N4O5P. The van der Waals surface area contributed by atoms with Crippen LogP contribution in [0, 0.1) is 5.16 Å². The maximum Gasteiger partial charge on any atom is 0.343 e. The van der Waals surface area contributed by atoms with Gasteiger partial charge in [-0.15, -0.1) is 0 Å². The van der Waals surface area contributed by atoms with Crippen LogP contribution in [-0.4, -0.2) is 99.1 Å². The van der Waals surface area contributed by atoms with Gasteiger partial charge in [-0.05, 0) is 25.0 Å². The quantitative estimate of drug-likeness (QED) is 0.283. The van der Waals surface area contributed by atoms with Crippen LogP contribution in [0.2, 0.25) is 0 Å². The molecule has 3 aliphatic heterocycles. The number of allylic oxidation sites excluding steroid dienone is 2. The summed E-state index contributed by atoms with van der Waals surface area (Å²) in [5.41, 5.74) is 3.47. The molecule has 3 saturated heterocycles. The fourth-order valence-corrected chi connectivity index (χ4v) is 9.68. The highest BCUT2D eigenvalue weighted by Crippen LogP contribution is 2.66. The van der Waals surface area contributed by atoms with Crippen LogP contribution in [0.25, 0.3) is 5.76 Å². The molecule has 0 atom stereocenters. The standard InChI is InChI=1S/C31H39N4O5P/c32-41(34-15-21-38-22-16-34,35-17-23-39-24-18-35)28-12-11-27(29(28)33-13-19-37-20-14-33)30(25-7-3-1-4-8-25)40-31(36)26-9-5-2-6-10-26/h1-10,32H,11-24H2/b30-27-. The summed E-state index contributed by atoms with van der Waals surface area (Å²) in [7, 11) is -2.67.